The molecule has 0 radical (unpaired) electrons. The number of rotatable bonds is 1. The number of halogens is 1. The molecular weight excluding hydrogens is 156 g/mol. The number of hydrogen-bond acceptors (Lipinski definition) is 3. The van der Waals surface area contributed by atoms with E-state index in [1.807, 2.05) is 0 Å². The maximum absolute atomic E-state index is 10.8. The van der Waals surface area contributed by atoms with Crippen molar-refractivity contribution in [2.75, 3.05) is 7.11 Å². The molecule has 1 aliphatic heterocycles. The summed E-state index contributed by atoms with van der Waals surface area (Å²) in [7, 11) is 1.33. The van der Waals surface area contributed by atoms with Gasteiger partial charge in [0, 0.05) is 7.11 Å². The monoisotopic (exact) mass is 160 g/mol. The first-order valence-electron chi connectivity index (χ1n) is 2.56. The normalized spacial score (nSPS) is 31.2. The van der Waals surface area contributed by atoms with E-state index < -0.39 is 11.0 Å². The summed E-state index contributed by atoms with van der Waals surface area (Å²) < 4.78 is 4.67. The molecule has 4 nitrogen and oxygen atoms in total. The highest BCUT2D eigenvalue weighted by atomic mass is 35.5. The highest BCUT2D eigenvalue weighted by molar-refractivity contribution is 6.35. The van der Waals surface area contributed by atoms with Gasteiger partial charge in [0.15, 0.2) is 0 Å². The van der Waals surface area contributed by atoms with Crippen molar-refractivity contribution in [2.24, 2.45) is 10.2 Å². The van der Waals surface area contributed by atoms with Gasteiger partial charge in [-0.25, -0.2) is 0 Å². The first-order valence-corrected chi connectivity index (χ1v) is 2.94. The van der Waals surface area contributed by atoms with Crippen LogP contribution in [0.15, 0.2) is 22.5 Å². The minimum Gasteiger partial charge on any atom is -0.351 e. The van der Waals surface area contributed by atoms with Gasteiger partial charge in [-0.05, 0) is 6.08 Å². The topological polar surface area (TPSA) is 51.0 Å². The lowest BCUT2D eigenvalue weighted by atomic mass is 10.3. The molecule has 0 spiro atoms. The summed E-state index contributed by atoms with van der Waals surface area (Å²) in [6.45, 7) is 0. The Kier molecular flexibility index (Phi) is 1.82. The lowest BCUT2D eigenvalue weighted by Gasteiger charge is -2.17. The zero-order valence-corrected chi connectivity index (χ0v) is 6.00. The maximum Gasteiger partial charge on any atom is 0.316 e. The molecular formula is C5H5ClN2O2. The van der Waals surface area contributed by atoms with Gasteiger partial charge in [-0.15, -0.1) is 5.11 Å². The maximum atomic E-state index is 10.8. The number of amides is 1. The van der Waals surface area contributed by atoms with Crippen LogP contribution in [-0.4, -0.2) is 18.1 Å². The fourth-order valence-corrected chi connectivity index (χ4v) is 0.604. The summed E-state index contributed by atoms with van der Waals surface area (Å²) in [5.74, 6) is -0.598. The summed E-state index contributed by atoms with van der Waals surface area (Å²) in [6, 6.07) is 0. The standard InChI is InChI=1S/C5H5ClN2O2/c1-10-5(6)2-3-7-8-4(5)9/h2-3H,1H3. The van der Waals surface area contributed by atoms with Gasteiger partial charge in [-0.3, -0.25) is 4.79 Å². The van der Waals surface area contributed by atoms with Crippen LogP contribution in [0.25, 0.3) is 0 Å². The Balaban J connectivity index is 2.88. The first-order chi connectivity index (χ1) is 4.69. The predicted molar refractivity (Wildman–Crippen MR) is 34.6 cm³/mol. The molecule has 0 aromatic carbocycles. The molecule has 0 saturated heterocycles. The molecule has 1 amide bonds. The third kappa shape index (κ3) is 1.08. The zero-order valence-electron chi connectivity index (χ0n) is 5.24. The molecule has 1 aliphatic rings. The van der Waals surface area contributed by atoms with Crippen molar-refractivity contribution in [2.45, 2.75) is 5.06 Å². The van der Waals surface area contributed by atoms with Gasteiger partial charge in [-0.2, -0.15) is 5.11 Å². The molecule has 1 atom stereocenters. The van der Waals surface area contributed by atoms with Crippen LogP contribution in [0.1, 0.15) is 0 Å². The molecule has 1 heterocycles. The van der Waals surface area contributed by atoms with E-state index in [9.17, 15) is 4.79 Å². The molecule has 0 fully saturated rings. The van der Waals surface area contributed by atoms with Gasteiger partial charge >= 0.3 is 5.91 Å². The van der Waals surface area contributed by atoms with E-state index in [0.29, 0.717) is 0 Å². The lowest BCUT2D eigenvalue weighted by molar-refractivity contribution is -0.128. The highest BCUT2D eigenvalue weighted by Gasteiger charge is 2.35. The number of carbonyl (C=O) groups is 1. The Morgan fingerprint density at radius 3 is 2.90 bits per heavy atom. The minimum absolute atomic E-state index is 0.598. The van der Waals surface area contributed by atoms with Gasteiger partial charge in [0.25, 0.3) is 0 Å². The second kappa shape index (κ2) is 2.48. The molecule has 54 valence electrons. The molecule has 0 aromatic heterocycles. The predicted octanol–water partition coefficient (Wildman–Crippen LogP) is 1.07. The van der Waals surface area contributed by atoms with Crippen LogP contribution >= 0.6 is 11.6 Å². The summed E-state index contributed by atoms with van der Waals surface area (Å²) in [6.07, 6.45) is 2.65. The molecule has 1 unspecified atom stereocenters. The average molecular weight is 161 g/mol. The molecule has 5 heteroatoms. The van der Waals surface area contributed by atoms with E-state index >= 15 is 0 Å². The first kappa shape index (κ1) is 7.37. The molecule has 1 rings (SSSR count). The van der Waals surface area contributed by atoms with Gasteiger partial charge in [0.05, 0.1) is 6.20 Å². The number of ether oxygens (including phenoxy) is 1. The Bertz CT molecular complexity index is 214. The van der Waals surface area contributed by atoms with Crippen LogP contribution in [0.2, 0.25) is 0 Å². The average Bonchev–Trinajstić information content (AvgIpc) is 1.96. The summed E-state index contributed by atoms with van der Waals surface area (Å²) in [4.78, 5) is 10.8. The van der Waals surface area contributed by atoms with Crippen molar-refractivity contribution in [1.82, 2.24) is 0 Å². The fraction of sp³-hybridized carbons (Fsp3) is 0.400. The van der Waals surface area contributed by atoms with Crippen LogP contribution in [-0.2, 0) is 9.53 Å². The van der Waals surface area contributed by atoms with Gasteiger partial charge in [-0.1, -0.05) is 11.6 Å². The van der Waals surface area contributed by atoms with Crippen LogP contribution in [0.3, 0.4) is 0 Å². The zero-order chi connectivity index (χ0) is 7.61. The van der Waals surface area contributed by atoms with E-state index in [-0.39, 0.29) is 0 Å². The minimum atomic E-state index is -1.43. The van der Waals surface area contributed by atoms with Gasteiger partial charge in [0.2, 0.25) is 5.06 Å². The Morgan fingerprint density at radius 1 is 1.80 bits per heavy atom. The highest BCUT2D eigenvalue weighted by Crippen LogP contribution is 2.22. The summed E-state index contributed by atoms with van der Waals surface area (Å²) in [5, 5.41) is 5.10. The Hall–Kier alpha value is -0.740. The summed E-state index contributed by atoms with van der Waals surface area (Å²) in [5.41, 5.74) is 0. The van der Waals surface area contributed by atoms with Crippen molar-refractivity contribution in [1.29, 1.82) is 0 Å². The number of carbonyl (C=O) groups excluding carboxylic acids is 1. The van der Waals surface area contributed by atoms with E-state index in [0.717, 1.165) is 0 Å². The van der Waals surface area contributed by atoms with E-state index in [1.54, 1.807) is 0 Å². The second-order valence-corrected chi connectivity index (χ2v) is 2.25. The van der Waals surface area contributed by atoms with Crippen molar-refractivity contribution in [3.8, 4) is 0 Å². The Labute approximate surface area is 62.5 Å². The largest absolute Gasteiger partial charge is 0.351 e. The molecule has 0 saturated carbocycles. The fourth-order valence-electron chi connectivity index (χ4n) is 0.510. The van der Waals surface area contributed by atoms with Crippen LogP contribution < -0.4 is 0 Å². The number of azo groups is 1. The smallest absolute Gasteiger partial charge is 0.316 e. The lowest BCUT2D eigenvalue weighted by Crippen LogP contribution is -2.31. The third-order valence-corrected chi connectivity index (χ3v) is 1.53. The second-order valence-electron chi connectivity index (χ2n) is 1.69. The number of nitrogens with zero attached hydrogens (tertiary/aromatic N) is 2. The number of alkyl halides is 1. The van der Waals surface area contributed by atoms with Crippen molar-refractivity contribution in [3.63, 3.8) is 0 Å². The summed E-state index contributed by atoms with van der Waals surface area (Å²) >= 11 is 5.60. The van der Waals surface area contributed by atoms with Gasteiger partial charge < -0.3 is 4.74 Å². The molecule has 0 N–H and O–H groups in total. The Morgan fingerprint density at radius 2 is 2.50 bits per heavy atom. The molecule has 0 aliphatic carbocycles. The quantitative estimate of drug-likeness (QED) is 0.539. The van der Waals surface area contributed by atoms with Crippen LogP contribution in [0, 0.1) is 0 Å². The molecule has 10 heavy (non-hydrogen) atoms. The van der Waals surface area contributed by atoms with Crippen molar-refractivity contribution >= 4 is 17.5 Å². The molecule has 0 bridgehead atoms. The van der Waals surface area contributed by atoms with E-state index in [2.05, 4.69) is 15.0 Å². The van der Waals surface area contributed by atoms with E-state index in [4.69, 9.17) is 11.6 Å². The molecule has 0 aromatic rings. The van der Waals surface area contributed by atoms with Crippen molar-refractivity contribution < 1.29 is 9.53 Å². The van der Waals surface area contributed by atoms with Gasteiger partial charge in [0.1, 0.15) is 0 Å². The SMILES string of the molecule is COC1(Cl)C=CN=NC1=O. The van der Waals surface area contributed by atoms with Crippen LogP contribution in [0.5, 0.6) is 0 Å². The van der Waals surface area contributed by atoms with Crippen molar-refractivity contribution in [3.05, 3.63) is 12.3 Å². The number of methoxy groups -OCH3 is 1. The third-order valence-electron chi connectivity index (χ3n) is 1.09. The number of hydrogen-bond donors (Lipinski definition) is 0. The van der Waals surface area contributed by atoms with E-state index in [1.165, 1.54) is 19.4 Å². The van der Waals surface area contributed by atoms with Crippen LogP contribution in [0.4, 0.5) is 0 Å².